The fraction of sp³-hybridized carbons (Fsp3) is 0.500. The van der Waals surface area contributed by atoms with Gasteiger partial charge in [0, 0.05) is 11.6 Å². The summed E-state index contributed by atoms with van der Waals surface area (Å²) in [7, 11) is 0. The van der Waals surface area contributed by atoms with E-state index in [0.717, 1.165) is 6.54 Å². The Kier molecular flexibility index (Phi) is 7.20. The van der Waals surface area contributed by atoms with E-state index in [-0.39, 0.29) is 18.3 Å². The highest BCUT2D eigenvalue weighted by Gasteiger charge is 2.15. The Morgan fingerprint density at radius 3 is 2.77 bits per heavy atom. The van der Waals surface area contributed by atoms with E-state index in [1.807, 2.05) is 0 Å². The Morgan fingerprint density at radius 2 is 2.00 bits per heavy atom. The maximum atomic E-state index is 11.9. The minimum atomic E-state index is -0.00209. The van der Waals surface area contributed by atoms with Crippen LogP contribution in [0, 0.1) is 5.92 Å². The Hall–Kier alpha value is -1.73. The Morgan fingerprint density at radius 1 is 1.23 bits per heavy atom. The molecule has 1 N–H and O–H groups in total. The molecule has 1 aliphatic rings. The lowest BCUT2D eigenvalue weighted by atomic mass is 9.89. The molecule has 140 valence electrons. The predicted octanol–water partition coefficient (Wildman–Crippen LogP) is 4.09. The van der Waals surface area contributed by atoms with Crippen LogP contribution in [0.5, 0.6) is 5.75 Å². The molecule has 2 aromatic rings. The Bertz CT molecular complexity index is 702. The standard InChI is InChI=1S/C18H22ClN3O3S/c19-14-6-8-15(9-7-14)24-11-17-21-22-18(25-17)26-12-16(23)20-10-13-4-2-1-3-5-13/h6-9,13H,1-5,10-12H2,(H,20,23). The number of carbonyl (C=O) groups is 1. The van der Waals surface area contributed by atoms with E-state index >= 15 is 0 Å². The molecule has 0 saturated heterocycles. The second kappa shape index (κ2) is 9.83. The van der Waals surface area contributed by atoms with Gasteiger partial charge in [0.2, 0.25) is 5.91 Å². The van der Waals surface area contributed by atoms with Gasteiger partial charge in [-0.05, 0) is 43.0 Å². The molecule has 0 atom stereocenters. The molecule has 1 saturated carbocycles. The molecule has 8 heteroatoms. The molecule has 1 fully saturated rings. The van der Waals surface area contributed by atoms with Gasteiger partial charge in [-0.3, -0.25) is 4.79 Å². The fourth-order valence-corrected chi connectivity index (χ4v) is 3.59. The maximum Gasteiger partial charge on any atom is 0.277 e. The minimum Gasteiger partial charge on any atom is -0.484 e. The molecule has 26 heavy (non-hydrogen) atoms. The number of rotatable bonds is 8. The first kappa shape index (κ1) is 19.0. The number of carbonyl (C=O) groups excluding carboxylic acids is 1. The van der Waals surface area contributed by atoms with E-state index in [1.165, 1.54) is 43.9 Å². The van der Waals surface area contributed by atoms with Crippen molar-refractivity contribution in [1.29, 1.82) is 0 Å². The highest BCUT2D eigenvalue weighted by atomic mass is 35.5. The molecule has 1 aliphatic carbocycles. The zero-order valence-electron chi connectivity index (χ0n) is 14.4. The first-order valence-electron chi connectivity index (χ1n) is 8.79. The molecule has 1 heterocycles. The van der Waals surface area contributed by atoms with Crippen LogP contribution >= 0.6 is 23.4 Å². The van der Waals surface area contributed by atoms with Gasteiger partial charge in [-0.15, -0.1) is 10.2 Å². The number of halogens is 1. The second-order valence-corrected chi connectivity index (χ2v) is 7.66. The van der Waals surface area contributed by atoms with Crippen LogP contribution in [0.4, 0.5) is 0 Å². The van der Waals surface area contributed by atoms with Crippen molar-refractivity contribution in [1.82, 2.24) is 15.5 Å². The van der Waals surface area contributed by atoms with Crippen molar-refractivity contribution < 1.29 is 13.9 Å². The normalized spacial score (nSPS) is 15.0. The van der Waals surface area contributed by atoms with Crippen molar-refractivity contribution in [2.45, 2.75) is 43.9 Å². The summed E-state index contributed by atoms with van der Waals surface area (Å²) in [5.41, 5.74) is 0. The summed E-state index contributed by atoms with van der Waals surface area (Å²) in [5.74, 6) is 1.93. The highest BCUT2D eigenvalue weighted by molar-refractivity contribution is 7.99. The number of hydrogen-bond acceptors (Lipinski definition) is 6. The largest absolute Gasteiger partial charge is 0.484 e. The van der Waals surface area contributed by atoms with Crippen LogP contribution < -0.4 is 10.1 Å². The van der Waals surface area contributed by atoms with Crippen LogP contribution in [-0.2, 0) is 11.4 Å². The van der Waals surface area contributed by atoms with Gasteiger partial charge < -0.3 is 14.5 Å². The molecule has 1 amide bonds. The van der Waals surface area contributed by atoms with Crippen molar-refractivity contribution in [3.05, 3.63) is 35.2 Å². The first-order valence-corrected chi connectivity index (χ1v) is 10.2. The van der Waals surface area contributed by atoms with E-state index in [9.17, 15) is 4.79 Å². The number of hydrogen-bond donors (Lipinski definition) is 1. The summed E-state index contributed by atoms with van der Waals surface area (Å²) in [6.45, 7) is 0.937. The number of amides is 1. The van der Waals surface area contributed by atoms with Gasteiger partial charge in [0.05, 0.1) is 5.75 Å². The SMILES string of the molecule is O=C(CSc1nnc(COc2ccc(Cl)cc2)o1)NCC1CCCCC1. The molecule has 0 unspecified atom stereocenters. The maximum absolute atomic E-state index is 11.9. The van der Waals surface area contributed by atoms with Crippen LogP contribution in [0.2, 0.25) is 5.02 Å². The first-order chi connectivity index (χ1) is 12.7. The van der Waals surface area contributed by atoms with E-state index in [1.54, 1.807) is 24.3 Å². The van der Waals surface area contributed by atoms with E-state index < -0.39 is 0 Å². The number of thioether (sulfide) groups is 1. The van der Waals surface area contributed by atoms with Crippen molar-refractivity contribution in [2.75, 3.05) is 12.3 Å². The third-order valence-electron chi connectivity index (χ3n) is 4.26. The van der Waals surface area contributed by atoms with E-state index in [4.69, 9.17) is 20.8 Å². The average molecular weight is 396 g/mol. The Balaban J connectivity index is 1.36. The lowest BCUT2D eigenvalue weighted by molar-refractivity contribution is -0.118. The van der Waals surface area contributed by atoms with Crippen LogP contribution in [0.3, 0.4) is 0 Å². The van der Waals surface area contributed by atoms with E-state index in [0.29, 0.717) is 27.8 Å². The van der Waals surface area contributed by atoms with Crippen molar-refractivity contribution in [3.8, 4) is 5.75 Å². The van der Waals surface area contributed by atoms with Crippen LogP contribution in [-0.4, -0.2) is 28.4 Å². The molecule has 3 rings (SSSR count). The number of nitrogens with zero attached hydrogens (tertiary/aromatic N) is 2. The molecular weight excluding hydrogens is 374 g/mol. The fourth-order valence-electron chi connectivity index (χ4n) is 2.86. The van der Waals surface area contributed by atoms with Crippen LogP contribution in [0.15, 0.2) is 33.9 Å². The molecule has 0 aliphatic heterocycles. The number of nitrogens with one attached hydrogen (secondary N) is 1. The molecule has 1 aromatic heterocycles. The molecule has 1 aromatic carbocycles. The van der Waals surface area contributed by atoms with Gasteiger partial charge in [0.25, 0.3) is 11.1 Å². The van der Waals surface area contributed by atoms with Gasteiger partial charge in [0.1, 0.15) is 5.75 Å². The molecule has 0 spiro atoms. The third kappa shape index (κ3) is 6.21. The molecule has 0 bridgehead atoms. The number of aromatic nitrogens is 2. The summed E-state index contributed by atoms with van der Waals surface area (Å²) in [6.07, 6.45) is 6.31. The average Bonchev–Trinajstić information content (AvgIpc) is 3.13. The highest BCUT2D eigenvalue weighted by Crippen LogP contribution is 2.23. The summed E-state index contributed by atoms with van der Waals surface area (Å²) in [4.78, 5) is 11.9. The lowest BCUT2D eigenvalue weighted by Gasteiger charge is -2.21. The van der Waals surface area contributed by atoms with Gasteiger partial charge in [-0.1, -0.05) is 42.6 Å². The van der Waals surface area contributed by atoms with Crippen LogP contribution in [0.1, 0.15) is 38.0 Å². The third-order valence-corrected chi connectivity index (χ3v) is 5.33. The molecular formula is C18H22ClN3O3S. The van der Waals surface area contributed by atoms with E-state index in [2.05, 4.69) is 15.5 Å². The minimum absolute atomic E-state index is 0.00209. The zero-order chi connectivity index (χ0) is 18.2. The zero-order valence-corrected chi connectivity index (χ0v) is 16.0. The predicted molar refractivity (Wildman–Crippen MR) is 100 cm³/mol. The summed E-state index contributed by atoms with van der Waals surface area (Å²) in [6, 6.07) is 7.03. The van der Waals surface area contributed by atoms with Crippen molar-refractivity contribution in [2.24, 2.45) is 5.92 Å². The van der Waals surface area contributed by atoms with Gasteiger partial charge in [-0.25, -0.2) is 0 Å². The van der Waals surface area contributed by atoms with Crippen LogP contribution in [0.25, 0.3) is 0 Å². The lowest BCUT2D eigenvalue weighted by Crippen LogP contribution is -2.31. The quantitative estimate of drug-likeness (QED) is 0.678. The smallest absolute Gasteiger partial charge is 0.277 e. The molecule has 0 radical (unpaired) electrons. The Labute approximate surface area is 162 Å². The summed E-state index contributed by atoms with van der Waals surface area (Å²) < 4.78 is 11.0. The van der Waals surface area contributed by atoms with Crippen molar-refractivity contribution in [3.63, 3.8) is 0 Å². The second-order valence-electron chi connectivity index (χ2n) is 6.30. The summed E-state index contributed by atoms with van der Waals surface area (Å²) in [5, 5.41) is 11.9. The van der Waals surface area contributed by atoms with Crippen molar-refractivity contribution >= 4 is 29.3 Å². The number of benzene rings is 1. The van der Waals surface area contributed by atoms with Gasteiger partial charge in [0.15, 0.2) is 6.61 Å². The number of ether oxygens (including phenoxy) is 1. The summed E-state index contributed by atoms with van der Waals surface area (Å²) >= 11 is 7.06. The topological polar surface area (TPSA) is 77.2 Å². The van der Waals surface area contributed by atoms with Gasteiger partial charge >= 0.3 is 0 Å². The monoisotopic (exact) mass is 395 g/mol. The van der Waals surface area contributed by atoms with Gasteiger partial charge in [-0.2, -0.15) is 0 Å². The molecule has 6 nitrogen and oxygen atoms in total.